The molecule has 0 bridgehead atoms. The minimum Gasteiger partial charge on any atom is -0.368 e. The number of nitriles is 1. The third-order valence-electron chi connectivity index (χ3n) is 4.88. The lowest BCUT2D eigenvalue weighted by atomic mass is 9.97. The summed E-state index contributed by atoms with van der Waals surface area (Å²) in [6.45, 7) is 11.1. The van der Waals surface area contributed by atoms with Crippen molar-refractivity contribution >= 4 is 17.2 Å². The number of rotatable bonds is 4. The van der Waals surface area contributed by atoms with Crippen LogP contribution < -0.4 is 15.5 Å². The van der Waals surface area contributed by atoms with Gasteiger partial charge in [0.05, 0.1) is 23.6 Å². The summed E-state index contributed by atoms with van der Waals surface area (Å²) < 4.78 is 1.87. The zero-order valence-corrected chi connectivity index (χ0v) is 17.1. The third kappa shape index (κ3) is 4.15. The summed E-state index contributed by atoms with van der Waals surface area (Å²) in [5.41, 5.74) is 3.24. The van der Waals surface area contributed by atoms with Crippen LogP contribution in [-0.4, -0.2) is 52.1 Å². The summed E-state index contributed by atoms with van der Waals surface area (Å²) in [6, 6.07) is 5.76. The number of piperazine rings is 1. The molecule has 150 valence electrons. The van der Waals surface area contributed by atoms with Crippen molar-refractivity contribution in [3.05, 3.63) is 36.3 Å². The quantitative estimate of drug-likeness (QED) is 0.707. The van der Waals surface area contributed by atoms with Crippen molar-refractivity contribution in [1.29, 1.82) is 5.26 Å². The van der Waals surface area contributed by atoms with Gasteiger partial charge in [-0.3, -0.25) is 4.40 Å². The Morgan fingerprint density at radius 2 is 1.97 bits per heavy atom. The molecule has 3 aromatic heterocycles. The molecule has 8 nitrogen and oxygen atoms in total. The fourth-order valence-corrected chi connectivity index (χ4v) is 3.33. The van der Waals surface area contributed by atoms with Crippen molar-refractivity contribution in [1.82, 2.24) is 24.7 Å². The molecular weight excluding hydrogens is 364 g/mol. The van der Waals surface area contributed by atoms with Crippen molar-refractivity contribution in [2.45, 2.75) is 20.8 Å². The van der Waals surface area contributed by atoms with Crippen molar-refractivity contribution < 1.29 is 0 Å². The molecule has 0 saturated carbocycles. The summed E-state index contributed by atoms with van der Waals surface area (Å²) in [5, 5.41) is 16.1. The summed E-state index contributed by atoms with van der Waals surface area (Å²) >= 11 is 0. The van der Waals surface area contributed by atoms with Crippen molar-refractivity contribution in [3.63, 3.8) is 0 Å². The minimum absolute atomic E-state index is 0.122. The number of hydrogen-bond acceptors (Lipinski definition) is 7. The average Bonchev–Trinajstić information content (AvgIpc) is 3.15. The van der Waals surface area contributed by atoms with Crippen molar-refractivity contribution in [2.24, 2.45) is 5.41 Å². The van der Waals surface area contributed by atoms with Crippen molar-refractivity contribution in [2.75, 3.05) is 42.9 Å². The predicted octanol–water partition coefficient (Wildman–Crippen LogP) is 2.53. The molecule has 0 spiro atoms. The fraction of sp³-hybridized carbons (Fsp3) is 0.429. The molecule has 0 unspecified atom stereocenters. The van der Waals surface area contributed by atoms with E-state index in [1.165, 1.54) is 0 Å². The van der Waals surface area contributed by atoms with Gasteiger partial charge in [-0.25, -0.2) is 15.0 Å². The molecule has 0 amide bonds. The molecule has 0 aromatic carbocycles. The second-order valence-corrected chi connectivity index (χ2v) is 8.48. The van der Waals surface area contributed by atoms with Crippen LogP contribution in [0.2, 0.25) is 0 Å². The Morgan fingerprint density at radius 3 is 2.69 bits per heavy atom. The topological polar surface area (TPSA) is 94.2 Å². The van der Waals surface area contributed by atoms with Gasteiger partial charge in [-0.1, -0.05) is 20.8 Å². The molecule has 4 heterocycles. The van der Waals surface area contributed by atoms with Gasteiger partial charge in [0.15, 0.2) is 11.6 Å². The second-order valence-electron chi connectivity index (χ2n) is 8.48. The van der Waals surface area contributed by atoms with Gasteiger partial charge in [0.25, 0.3) is 0 Å². The van der Waals surface area contributed by atoms with Gasteiger partial charge >= 0.3 is 0 Å². The number of fused-ring (bicyclic) bond motifs is 1. The van der Waals surface area contributed by atoms with Gasteiger partial charge in [0.1, 0.15) is 17.4 Å². The lowest BCUT2D eigenvalue weighted by molar-refractivity contribution is 0.442. The predicted molar refractivity (Wildman–Crippen MR) is 114 cm³/mol. The standard InChI is InChI=1S/C21H26N8/c1-21(2,3)14-26-19-16(28-8-6-23-7-9-28)11-25-20(27-19)17-12-24-18-5-4-15(10-22)13-29(17)18/h4-5,11-13,23H,6-9,14H2,1-3H3,(H,25,26,27). The van der Waals surface area contributed by atoms with Crippen LogP contribution in [0.1, 0.15) is 26.3 Å². The Kier molecular flexibility index (Phi) is 5.07. The average molecular weight is 390 g/mol. The summed E-state index contributed by atoms with van der Waals surface area (Å²) in [5.74, 6) is 1.42. The maximum absolute atomic E-state index is 9.23. The maximum Gasteiger partial charge on any atom is 0.180 e. The number of anilines is 2. The first-order valence-electron chi connectivity index (χ1n) is 9.89. The first-order valence-corrected chi connectivity index (χ1v) is 9.89. The van der Waals surface area contributed by atoms with Gasteiger partial charge in [-0.15, -0.1) is 0 Å². The number of nitrogens with zero attached hydrogens (tertiary/aromatic N) is 6. The molecule has 0 aliphatic carbocycles. The van der Waals surface area contributed by atoms with Crippen LogP contribution in [0.4, 0.5) is 11.5 Å². The minimum atomic E-state index is 0.122. The zero-order valence-electron chi connectivity index (χ0n) is 17.1. The molecule has 29 heavy (non-hydrogen) atoms. The molecule has 1 aliphatic heterocycles. The van der Waals surface area contributed by atoms with Crippen LogP contribution in [-0.2, 0) is 0 Å². The zero-order chi connectivity index (χ0) is 20.4. The van der Waals surface area contributed by atoms with Gasteiger partial charge in [0.2, 0.25) is 0 Å². The normalized spacial score (nSPS) is 14.8. The largest absolute Gasteiger partial charge is 0.368 e. The Balaban J connectivity index is 1.75. The van der Waals surface area contributed by atoms with E-state index in [4.69, 9.17) is 4.98 Å². The molecule has 8 heteroatoms. The molecule has 0 radical (unpaired) electrons. The molecule has 2 N–H and O–H groups in total. The second kappa shape index (κ2) is 7.68. The van der Waals surface area contributed by atoms with Gasteiger partial charge in [0, 0.05) is 38.9 Å². The smallest absolute Gasteiger partial charge is 0.180 e. The highest BCUT2D eigenvalue weighted by Gasteiger charge is 2.20. The lowest BCUT2D eigenvalue weighted by Crippen LogP contribution is -2.44. The van der Waals surface area contributed by atoms with Crippen LogP contribution in [0, 0.1) is 16.7 Å². The van der Waals surface area contributed by atoms with Crippen LogP contribution in [0.25, 0.3) is 17.2 Å². The summed E-state index contributed by atoms with van der Waals surface area (Å²) in [7, 11) is 0. The number of hydrogen-bond donors (Lipinski definition) is 2. The van der Waals surface area contributed by atoms with E-state index < -0.39 is 0 Å². The van der Waals surface area contributed by atoms with E-state index in [2.05, 4.69) is 52.3 Å². The van der Waals surface area contributed by atoms with E-state index in [9.17, 15) is 5.26 Å². The van der Waals surface area contributed by atoms with Crippen molar-refractivity contribution in [3.8, 4) is 17.6 Å². The highest BCUT2D eigenvalue weighted by molar-refractivity contribution is 5.69. The van der Waals surface area contributed by atoms with E-state index in [0.717, 1.165) is 55.6 Å². The van der Waals surface area contributed by atoms with Crippen LogP contribution in [0.15, 0.2) is 30.7 Å². The van der Waals surface area contributed by atoms with E-state index in [1.807, 2.05) is 16.7 Å². The summed E-state index contributed by atoms with van der Waals surface area (Å²) in [4.78, 5) is 16.3. The lowest BCUT2D eigenvalue weighted by Gasteiger charge is -2.31. The molecule has 1 fully saturated rings. The Hall–Kier alpha value is -3.18. The Bertz CT molecular complexity index is 1050. The van der Waals surface area contributed by atoms with E-state index >= 15 is 0 Å². The van der Waals surface area contributed by atoms with Crippen LogP contribution in [0.5, 0.6) is 0 Å². The first kappa shape index (κ1) is 19.2. The van der Waals surface area contributed by atoms with Gasteiger partial charge < -0.3 is 15.5 Å². The van der Waals surface area contributed by atoms with Crippen LogP contribution >= 0.6 is 0 Å². The Labute approximate surface area is 170 Å². The number of nitrogens with one attached hydrogen (secondary N) is 2. The SMILES string of the molecule is CC(C)(C)CNc1nc(-c2cnc3ccc(C#N)cn23)ncc1N1CCNCC1. The molecule has 1 aliphatic rings. The highest BCUT2D eigenvalue weighted by atomic mass is 15.2. The molecule has 1 saturated heterocycles. The summed E-state index contributed by atoms with van der Waals surface area (Å²) in [6.07, 6.45) is 5.42. The molecular formula is C21H26N8. The Morgan fingerprint density at radius 1 is 1.17 bits per heavy atom. The maximum atomic E-state index is 9.23. The molecule has 4 rings (SSSR count). The van der Waals surface area contributed by atoms with E-state index in [-0.39, 0.29) is 5.41 Å². The van der Waals surface area contributed by atoms with E-state index in [0.29, 0.717) is 11.4 Å². The van der Waals surface area contributed by atoms with E-state index in [1.54, 1.807) is 18.5 Å². The molecule has 0 atom stereocenters. The number of imidazole rings is 1. The first-order chi connectivity index (χ1) is 13.9. The number of pyridine rings is 1. The van der Waals surface area contributed by atoms with Gasteiger partial charge in [-0.2, -0.15) is 5.26 Å². The molecule has 3 aromatic rings. The monoisotopic (exact) mass is 390 g/mol. The van der Waals surface area contributed by atoms with Crippen LogP contribution in [0.3, 0.4) is 0 Å². The fourth-order valence-electron chi connectivity index (χ4n) is 3.33. The van der Waals surface area contributed by atoms with Gasteiger partial charge in [-0.05, 0) is 17.5 Å². The number of aromatic nitrogens is 4. The highest BCUT2D eigenvalue weighted by Crippen LogP contribution is 2.28. The third-order valence-corrected chi connectivity index (χ3v) is 4.88.